The summed E-state index contributed by atoms with van der Waals surface area (Å²) in [6.07, 6.45) is 0.242. The van der Waals surface area contributed by atoms with Crippen LogP contribution < -0.4 is 5.32 Å². The second-order valence-corrected chi connectivity index (χ2v) is 4.43. The van der Waals surface area contributed by atoms with Gasteiger partial charge in [-0.3, -0.25) is 0 Å². The Morgan fingerprint density at radius 3 is 2.61 bits per heavy atom. The van der Waals surface area contributed by atoms with Gasteiger partial charge in [-0.05, 0) is 44.0 Å². The average Bonchev–Trinajstić information content (AvgIpc) is 2.42. The van der Waals surface area contributed by atoms with Gasteiger partial charge < -0.3 is 20.6 Å². The molecule has 0 radical (unpaired) electrons. The van der Waals surface area contributed by atoms with Crippen molar-refractivity contribution in [2.45, 2.75) is 31.5 Å². The molecule has 0 aromatic heterocycles. The van der Waals surface area contributed by atoms with Crippen molar-refractivity contribution in [2.24, 2.45) is 0 Å². The van der Waals surface area contributed by atoms with Gasteiger partial charge >= 0.3 is 0 Å². The fraction of sp³-hybridized carbons (Fsp3) is 0.571. The number of hydrogen-bond donors (Lipinski definition) is 4. The van der Waals surface area contributed by atoms with Gasteiger partial charge in [-0.1, -0.05) is 24.3 Å². The van der Waals surface area contributed by atoms with E-state index in [1.165, 1.54) is 0 Å². The van der Waals surface area contributed by atoms with Crippen molar-refractivity contribution >= 4 is 0 Å². The summed E-state index contributed by atoms with van der Waals surface area (Å²) in [4.78, 5) is 0. The Kier molecular flexibility index (Phi) is 6.90. The Bertz CT molecular complexity index is 344. The zero-order chi connectivity index (χ0) is 13.4. The van der Waals surface area contributed by atoms with Gasteiger partial charge in [0.25, 0.3) is 0 Å². The molecule has 0 aliphatic rings. The fourth-order valence-corrected chi connectivity index (χ4v) is 1.98. The van der Waals surface area contributed by atoms with E-state index >= 15 is 0 Å². The summed E-state index contributed by atoms with van der Waals surface area (Å²) in [6, 6.07) is 7.52. The topological polar surface area (TPSA) is 72.7 Å². The van der Waals surface area contributed by atoms with E-state index in [0.717, 1.165) is 11.1 Å². The average molecular weight is 253 g/mol. The van der Waals surface area contributed by atoms with Crippen molar-refractivity contribution < 1.29 is 15.3 Å². The highest BCUT2D eigenvalue weighted by atomic mass is 16.3. The highest BCUT2D eigenvalue weighted by Gasteiger charge is 2.20. The van der Waals surface area contributed by atoms with E-state index in [4.69, 9.17) is 5.11 Å². The van der Waals surface area contributed by atoms with Gasteiger partial charge in [0.05, 0.1) is 6.10 Å². The maximum Gasteiger partial charge on any atom is 0.105 e. The molecule has 0 spiro atoms. The first kappa shape index (κ1) is 15.1. The summed E-state index contributed by atoms with van der Waals surface area (Å²) in [5.74, 6) is 0. The first-order valence-corrected chi connectivity index (χ1v) is 6.40. The quantitative estimate of drug-likeness (QED) is 0.548. The maximum absolute atomic E-state index is 10.2. The molecule has 0 bridgehead atoms. The summed E-state index contributed by atoms with van der Waals surface area (Å²) >= 11 is 0. The van der Waals surface area contributed by atoms with E-state index in [9.17, 15) is 10.2 Å². The minimum atomic E-state index is -0.867. The Morgan fingerprint density at radius 1 is 1.22 bits per heavy atom. The van der Waals surface area contributed by atoms with Gasteiger partial charge in [0.2, 0.25) is 0 Å². The molecular weight excluding hydrogens is 230 g/mol. The van der Waals surface area contributed by atoms with Gasteiger partial charge in [0.1, 0.15) is 6.10 Å². The Morgan fingerprint density at radius 2 is 1.94 bits per heavy atom. The van der Waals surface area contributed by atoms with E-state index in [1.807, 2.05) is 31.3 Å². The third kappa shape index (κ3) is 4.38. The number of aryl methyl sites for hydroxylation is 1. The molecular formula is C14H23NO3. The minimum Gasteiger partial charge on any atom is -0.396 e. The molecule has 4 heteroatoms. The molecule has 0 saturated heterocycles. The van der Waals surface area contributed by atoms with Crippen LogP contribution in [0.25, 0.3) is 0 Å². The maximum atomic E-state index is 10.2. The number of nitrogens with one attached hydrogen (secondary N) is 1. The highest BCUT2D eigenvalue weighted by molar-refractivity contribution is 5.29. The van der Waals surface area contributed by atoms with Crippen molar-refractivity contribution in [3.8, 4) is 0 Å². The molecule has 0 fully saturated rings. The Balaban J connectivity index is 2.73. The second-order valence-electron chi connectivity index (χ2n) is 4.43. The summed E-state index contributed by atoms with van der Waals surface area (Å²) < 4.78 is 0. The molecule has 1 rings (SSSR count). The molecule has 18 heavy (non-hydrogen) atoms. The lowest BCUT2D eigenvalue weighted by molar-refractivity contribution is 0.0135. The van der Waals surface area contributed by atoms with Crippen LogP contribution in [0.15, 0.2) is 24.3 Å². The molecule has 1 aromatic carbocycles. The highest BCUT2D eigenvalue weighted by Crippen LogP contribution is 2.23. The van der Waals surface area contributed by atoms with Crippen LogP contribution >= 0.6 is 0 Å². The predicted molar refractivity (Wildman–Crippen MR) is 71.4 cm³/mol. The smallest absolute Gasteiger partial charge is 0.105 e. The van der Waals surface area contributed by atoms with Gasteiger partial charge in [-0.25, -0.2) is 0 Å². The Hall–Kier alpha value is -0.940. The van der Waals surface area contributed by atoms with Crippen molar-refractivity contribution in [1.29, 1.82) is 0 Å². The lowest BCUT2D eigenvalue weighted by Crippen LogP contribution is -2.24. The lowest BCUT2D eigenvalue weighted by Gasteiger charge is -2.20. The zero-order valence-corrected chi connectivity index (χ0v) is 10.8. The molecule has 4 N–H and O–H groups in total. The molecule has 0 heterocycles. The van der Waals surface area contributed by atoms with Crippen LogP contribution in [0.2, 0.25) is 0 Å². The molecule has 1 aromatic rings. The third-order valence-electron chi connectivity index (χ3n) is 3.03. The molecule has 0 amide bonds. The first-order valence-electron chi connectivity index (χ1n) is 6.40. The normalized spacial score (nSPS) is 14.4. The summed E-state index contributed by atoms with van der Waals surface area (Å²) in [6.45, 7) is 0.795. The third-order valence-corrected chi connectivity index (χ3v) is 3.03. The van der Waals surface area contributed by atoms with E-state index in [2.05, 4.69) is 5.32 Å². The molecule has 0 aliphatic heterocycles. The fourth-order valence-electron chi connectivity index (χ4n) is 1.98. The molecule has 2 unspecified atom stereocenters. The number of rotatable bonds is 8. The number of benzene rings is 1. The number of aliphatic hydroxyl groups excluding tert-OH is 3. The number of aliphatic hydroxyl groups is 3. The van der Waals surface area contributed by atoms with Gasteiger partial charge in [0.15, 0.2) is 0 Å². The van der Waals surface area contributed by atoms with E-state index in [-0.39, 0.29) is 6.61 Å². The zero-order valence-electron chi connectivity index (χ0n) is 10.8. The van der Waals surface area contributed by atoms with E-state index in [1.54, 1.807) is 0 Å². The van der Waals surface area contributed by atoms with Crippen LogP contribution in [0.1, 0.15) is 30.1 Å². The Labute approximate surface area is 108 Å². The SMILES string of the molecule is CNCCC(O)C(O)c1ccccc1CCCO. The predicted octanol–water partition coefficient (Wildman–Crippen LogP) is 0.615. The van der Waals surface area contributed by atoms with Crippen LogP contribution in [0.3, 0.4) is 0 Å². The van der Waals surface area contributed by atoms with Crippen LogP contribution in [-0.4, -0.2) is 41.6 Å². The van der Waals surface area contributed by atoms with Gasteiger partial charge in [-0.15, -0.1) is 0 Å². The summed E-state index contributed by atoms with van der Waals surface area (Å²) in [7, 11) is 1.81. The molecule has 0 aliphatic carbocycles. The summed E-state index contributed by atoms with van der Waals surface area (Å²) in [5.41, 5.74) is 1.75. The minimum absolute atomic E-state index is 0.132. The van der Waals surface area contributed by atoms with E-state index in [0.29, 0.717) is 25.8 Å². The van der Waals surface area contributed by atoms with Crippen LogP contribution in [0.5, 0.6) is 0 Å². The van der Waals surface area contributed by atoms with Crippen molar-refractivity contribution in [3.63, 3.8) is 0 Å². The van der Waals surface area contributed by atoms with Crippen molar-refractivity contribution in [3.05, 3.63) is 35.4 Å². The van der Waals surface area contributed by atoms with Crippen molar-refractivity contribution in [2.75, 3.05) is 20.2 Å². The summed E-state index contributed by atoms with van der Waals surface area (Å²) in [5, 5.41) is 31.9. The van der Waals surface area contributed by atoms with Crippen LogP contribution in [-0.2, 0) is 6.42 Å². The number of hydrogen-bond acceptors (Lipinski definition) is 4. The lowest BCUT2D eigenvalue weighted by atomic mass is 9.95. The molecule has 102 valence electrons. The molecule has 2 atom stereocenters. The van der Waals surface area contributed by atoms with Crippen molar-refractivity contribution in [1.82, 2.24) is 5.32 Å². The first-order chi connectivity index (χ1) is 8.70. The molecule has 4 nitrogen and oxygen atoms in total. The van der Waals surface area contributed by atoms with Crippen LogP contribution in [0.4, 0.5) is 0 Å². The largest absolute Gasteiger partial charge is 0.396 e. The monoisotopic (exact) mass is 253 g/mol. The van der Waals surface area contributed by atoms with Gasteiger partial charge in [-0.2, -0.15) is 0 Å². The second kappa shape index (κ2) is 8.21. The molecule has 0 saturated carbocycles. The standard InChI is InChI=1S/C14H23NO3/c1-15-9-8-13(17)14(18)12-7-3-2-5-11(12)6-4-10-16/h2-3,5,7,13-18H,4,6,8-10H2,1H3. The van der Waals surface area contributed by atoms with E-state index < -0.39 is 12.2 Å². The van der Waals surface area contributed by atoms with Crippen LogP contribution in [0, 0.1) is 0 Å². The van der Waals surface area contributed by atoms with Gasteiger partial charge in [0, 0.05) is 6.61 Å².